The molecule has 0 aromatic heterocycles. The highest BCUT2D eigenvalue weighted by molar-refractivity contribution is 5.77. The van der Waals surface area contributed by atoms with Crippen LogP contribution in [-0.4, -0.2) is 319 Å². The molecule has 0 heterocycles. The van der Waals surface area contributed by atoms with Gasteiger partial charge in [-0.2, -0.15) is 0 Å². The van der Waals surface area contributed by atoms with Crippen LogP contribution in [0.5, 0.6) is 0 Å². The minimum atomic E-state index is -2.64. The number of carbonyl (C=O) groups is 1. The van der Waals surface area contributed by atoms with E-state index < -0.39 is 252 Å². The van der Waals surface area contributed by atoms with E-state index in [-0.39, 0.29) is 38.0 Å². The fraction of sp³-hybridized carbons (Fsp3) is 0.911. The summed E-state index contributed by atoms with van der Waals surface area (Å²) < 4.78 is 33.6. The SMILES string of the molecule is C=C1CC23CCC4[C@](C)(C(=O)OC(O)C(OC(O)/C(O)=C(\O)C(O)CCO)C(O)C(O)CCO)CCC[C@@]4(C)[C@@H]2CC[C@]1(OC(O)C(OC(O)C(O)C(O)C(O)CCO)C(CC(O)CO)OC(O)C(O)C(O)C(O)CCOC(O)C(O)C(O)C(O)CCO)C3. The molecular weight excluding hydrogens is 1200 g/mol. The van der Waals surface area contributed by atoms with Crippen LogP contribution in [0.1, 0.15) is 110 Å². The minimum Gasteiger partial charge on any atom is -0.506 e. The Labute approximate surface area is 513 Å². The highest BCUT2D eigenvalue weighted by Crippen LogP contribution is 2.73. The van der Waals surface area contributed by atoms with Gasteiger partial charge in [0.05, 0.1) is 60.9 Å². The fourth-order valence-electron chi connectivity index (χ4n) is 13.8. The molecule has 26 N–H and O–H groups in total. The van der Waals surface area contributed by atoms with Gasteiger partial charge < -0.3 is 161 Å². The van der Waals surface area contributed by atoms with Crippen LogP contribution in [0.25, 0.3) is 0 Å². The molecule has 4 aliphatic carbocycles. The van der Waals surface area contributed by atoms with Gasteiger partial charge >= 0.3 is 5.97 Å². The van der Waals surface area contributed by atoms with E-state index in [2.05, 4.69) is 6.58 Å². The molecule has 2 bridgehead atoms. The highest BCUT2D eigenvalue weighted by atomic mass is 16.7. The largest absolute Gasteiger partial charge is 0.506 e. The van der Waals surface area contributed by atoms with Gasteiger partial charge in [0, 0.05) is 39.3 Å². The zero-order chi connectivity index (χ0) is 67.3. The zero-order valence-corrected chi connectivity index (χ0v) is 49.9. The van der Waals surface area contributed by atoms with Gasteiger partial charge in [-0.15, -0.1) is 0 Å². The second-order valence-corrected chi connectivity index (χ2v) is 24.7. The Kier molecular flexibility index (Phi) is 30.7. The summed E-state index contributed by atoms with van der Waals surface area (Å²) in [7, 11) is 0. The van der Waals surface area contributed by atoms with Gasteiger partial charge in [0.15, 0.2) is 42.8 Å². The van der Waals surface area contributed by atoms with E-state index in [9.17, 15) is 127 Å². The van der Waals surface area contributed by atoms with Crippen LogP contribution in [0, 0.1) is 28.1 Å². The maximum atomic E-state index is 14.6. The Hall–Kier alpha value is -2.61. The van der Waals surface area contributed by atoms with Crippen LogP contribution in [0.3, 0.4) is 0 Å². The molecule has 0 radical (unpaired) electrons. The predicted molar refractivity (Wildman–Crippen MR) is 296 cm³/mol. The first-order chi connectivity index (χ1) is 41.6. The minimum absolute atomic E-state index is 0.0902. The van der Waals surface area contributed by atoms with Crippen molar-refractivity contribution in [2.75, 3.05) is 39.6 Å². The summed E-state index contributed by atoms with van der Waals surface area (Å²) in [6.45, 7) is 3.61. The van der Waals surface area contributed by atoms with Crippen LogP contribution in [-0.2, 0) is 33.2 Å². The third-order valence-electron chi connectivity index (χ3n) is 18.7. The summed E-state index contributed by atoms with van der Waals surface area (Å²) in [5.41, 5.74) is -3.80. The number of carbonyl (C=O) groups excluding carboxylic acids is 1. The van der Waals surface area contributed by atoms with Gasteiger partial charge in [-0.1, -0.05) is 19.9 Å². The summed E-state index contributed by atoms with van der Waals surface area (Å²) in [5.74, 6) is -4.38. The van der Waals surface area contributed by atoms with Crippen molar-refractivity contribution in [2.24, 2.45) is 28.1 Å². The van der Waals surface area contributed by atoms with Crippen molar-refractivity contribution in [1.82, 2.24) is 0 Å². The maximum Gasteiger partial charge on any atom is 0.314 e. The van der Waals surface area contributed by atoms with Gasteiger partial charge in [0.1, 0.15) is 54.9 Å². The molecule has 4 saturated carbocycles. The first-order valence-corrected chi connectivity index (χ1v) is 29.9. The Morgan fingerprint density at radius 1 is 0.539 bits per heavy atom. The summed E-state index contributed by atoms with van der Waals surface area (Å²) >= 11 is 0. The maximum absolute atomic E-state index is 14.6. The van der Waals surface area contributed by atoms with Gasteiger partial charge in [0.2, 0.25) is 12.6 Å². The molecular formula is C56H100O33. The zero-order valence-electron chi connectivity index (χ0n) is 49.9. The lowest BCUT2D eigenvalue weighted by Crippen LogP contribution is -2.60. The average Bonchev–Trinajstić information content (AvgIpc) is 1.69. The third-order valence-corrected chi connectivity index (χ3v) is 18.7. The van der Waals surface area contributed by atoms with Crippen molar-refractivity contribution < 1.29 is 166 Å². The van der Waals surface area contributed by atoms with Gasteiger partial charge in [-0.3, -0.25) is 4.79 Å². The highest BCUT2D eigenvalue weighted by Gasteiger charge is 2.69. The molecule has 0 amide bonds. The molecule has 24 unspecified atom stereocenters. The molecule has 0 saturated heterocycles. The van der Waals surface area contributed by atoms with Crippen molar-refractivity contribution in [1.29, 1.82) is 0 Å². The molecule has 522 valence electrons. The smallest absolute Gasteiger partial charge is 0.314 e. The molecule has 4 rings (SSSR count). The van der Waals surface area contributed by atoms with Crippen molar-refractivity contribution in [3.8, 4) is 0 Å². The van der Waals surface area contributed by atoms with Crippen LogP contribution in [0.4, 0.5) is 0 Å². The van der Waals surface area contributed by atoms with E-state index in [1.54, 1.807) is 6.92 Å². The lowest BCUT2D eigenvalue weighted by molar-refractivity contribution is -0.322. The van der Waals surface area contributed by atoms with Crippen molar-refractivity contribution in [3.63, 3.8) is 0 Å². The first kappa shape index (κ1) is 78.8. The molecule has 33 heteroatoms. The molecule has 1 spiro atoms. The second kappa shape index (κ2) is 34.7. The van der Waals surface area contributed by atoms with Crippen molar-refractivity contribution in [2.45, 2.75) is 251 Å². The van der Waals surface area contributed by atoms with E-state index in [0.717, 1.165) is 0 Å². The van der Waals surface area contributed by atoms with Gasteiger partial charge in [-0.05, 0) is 112 Å². The number of fused-ring (bicyclic) bond motifs is 3. The Morgan fingerprint density at radius 3 is 1.58 bits per heavy atom. The molecule has 28 atom stereocenters. The lowest BCUT2D eigenvalue weighted by Gasteiger charge is -2.64. The van der Waals surface area contributed by atoms with Crippen LogP contribution in [0.2, 0.25) is 0 Å². The molecule has 4 aliphatic rings. The number of hydrogen-bond acceptors (Lipinski definition) is 33. The monoisotopic (exact) mass is 1300 g/mol. The van der Waals surface area contributed by atoms with Gasteiger partial charge in [-0.25, -0.2) is 0 Å². The number of aliphatic hydroxyl groups is 26. The number of aliphatic hydroxyl groups excluding tert-OH is 26. The second-order valence-electron chi connectivity index (χ2n) is 24.7. The van der Waals surface area contributed by atoms with E-state index in [4.69, 9.17) is 38.6 Å². The third kappa shape index (κ3) is 18.9. The Bertz CT molecular complexity index is 2170. The first-order valence-electron chi connectivity index (χ1n) is 29.9. The topological polar surface area (TPSA) is 598 Å². The van der Waals surface area contributed by atoms with E-state index >= 15 is 0 Å². The van der Waals surface area contributed by atoms with E-state index in [0.29, 0.717) is 37.7 Å². The normalized spacial score (nSPS) is 31.6. The molecule has 0 aliphatic heterocycles. The van der Waals surface area contributed by atoms with Crippen LogP contribution >= 0.6 is 0 Å². The average molecular weight is 1300 g/mol. The quantitative estimate of drug-likeness (QED) is 0.0117. The Balaban J connectivity index is 1.62. The molecule has 89 heavy (non-hydrogen) atoms. The summed E-state index contributed by atoms with van der Waals surface area (Å²) in [5, 5.41) is 272. The lowest BCUT2D eigenvalue weighted by atomic mass is 9.41. The predicted octanol–water partition coefficient (Wildman–Crippen LogP) is -7.96. The van der Waals surface area contributed by atoms with Crippen molar-refractivity contribution in [3.05, 3.63) is 23.7 Å². The number of rotatable bonds is 41. The van der Waals surface area contributed by atoms with Gasteiger partial charge in [0.25, 0.3) is 0 Å². The van der Waals surface area contributed by atoms with Crippen LogP contribution < -0.4 is 0 Å². The molecule has 33 nitrogen and oxygen atoms in total. The van der Waals surface area contributed by atoms with Crippen molar-refractivity contribution >= 4 is 5.97 Å². The number of ether oxygens (including phenoxy) is 6. The molecule has 4 fully saturated rings. The van der Waals surface area contributed by atoms with Crippen LogP contribution in [0.15, 0.2) is 23.7 Å². The standard InChI is InChI=1S/C56H100O33/c1-25-22-55-14-5-33-53(2,12-4-13-54(33,3)52(83)88-50(81)45(39(72)30(66)10-19-60)87-49(80)43(76)37(70)29(65)9-18-59)34(55)6-15-56(25,24-55)89-51(82)44(86-48(79)42(75)36(69)28(64)8-17-58)32(21-26(62)23-61)85-47(78)41(74)38(71)31(67)11-20-84-46(77)40(73)35(68)27(63)7-16-57/h26-36,38-42,44-51,57-82H,1,4-24H2,2-3H3/b43-37+/t26?,27?,28?,29?,30?,31?,32?,33?,34-,35?,36?,38?,39?,40?,41?,42?,44?,45?,46?,47?,48?,49?,50?,51?,53+,54+,55?,56-/m0/s1. The fourth-order valence-corrected chi connectivity index (χ4v) is 13.8. The summed E-state index contributed by atoms with van der Waals surface area (Å²) in [4.78, 5) is 14.6. The van der Waals surface area contributed by atoms with E-state index in [1.165, 1.54) is 0 Å². The summed E-state index contributed by atoms with van der Waals surface area (Å²) in [6, 6.07) is 0. The summed E-state index contributed by atoms with van der Waals surface area (Å²) in [6.07, 6.45) is -49.4. The number of esters is 1. The molecule has 0 aromatic rings. The number of hydrogen-bond donors (Lipinski definition) is 26. The Morgan fingerprint density at radius 2 is 1.04 bits per heavy atom. The molecule has 0 aromatic carbocycles. The van der Waals surface area contributed by atoms with E-state index in [1.807, 2.05) is 6.92 Å².